The van der Waals surface area contributed by atoms with E-state index in [1.807, 2.05) is 30.9 Å². The first-order chi connectivity index (χ1) is 16.2. The molecule has 0 aliphatic carbocycles. The molecule has 0 spiro atoms. The highest BCUT2D eigenvalue weighted by Gasteiger charge is 2.20. The number of imidazole rings is 1. The molecule has 2 saturated heterocycles. The lowest BCUT2D eigenvalue weighted by Crippen LogP contribution is -2.44. The van der Waals surface area contributed by atoms with Crippen LogP contribution in [0, 0.1) is 0 Å². The molecular formula is C24H29N9. The monoisotopic (exact) mass is 443 g/mol. The fourth-order valence-electron chi connectivity index (χ4n) is 4.83. The number of likely N-dealkylation sites (N-methyl/N-ethyl adjacent to an activating group) is 1. The van der Waals surface area contributed by atoms with Gasteiger partial charge in [0.25, 0.3) is 0 Å². The Morgan fingerprint density at radius 1 is 0.909 bits per heavy atom. The third-order valence-electron chi connectivity index (χ3n) is 6.75. The van der Waals surface area contributed by atoms with Crippen molar-refractivity contribution in [2.24, 2.45) is 0 Å². The maximum Gasteiger partial charge on any atom is 0.156 e. The summed E-state index contributed by atoms with van der Waals surface area (Å²) in [5, 5.41) is 7.71. The number of fused-ring (bicyclic) bond motifs is 1. The molecule has 2 fully saturated rings. The number of pyridine rings is 2. The number of aromatic amines is 2. The molecule has 0 saturated carbocycles. The van der Waals surface area contributed by atoms with Gasteiger partial charge in [0.05, 0.1) is 29.3 Å². The first kappa shape index (κ1) is 20.3. The molecule has 0 amide bonds. The predicted octanol–water partition coefficient (Wildman–Crippen LogP) is 2.76. The van der Waals surface area contributed by atoms with Crippen LogP contribution < -0.4 is 4.90 Å². The van der Waals surface area contributed by atoms with Gasteiger partial charge in [0.2, 0.25) is 0 Å². The van der Waals surface area contributed by atoms with Crippen molar-refractivity contribution < 1.29 is 0 Å². The van der Waals surface area contributed by atoms with E-state index in [1.165, 1.54) is 31.5 Å². The lowest BCUT2D eigenvalue weighted by molar-refractivity contribution is 0.313. The lowest BCUT2D eigenvalue weighted by atomic mass is 10.1. The van der Waals surface area contributed by atoms with Gasteiger partial charge in [0, 0.05) is 50.7 Å². The number of hydrogen-bond acceptors (Lipinski definition) is 7. The lowest BCUT2D eigenvalue weighted by Gasteiger charge is -2.33. The molecule has 33 heavy (non-hydrogen) atoms. The fraction of sp³-hybridized carbons (Fsp3) is 0.417. The highest BCUT2D eigenvalue weighted by Crippen LogP contribution is 2.29. The summed E-state index contributed by atoms with van der Waals surface area (Å²) < 4.78 is 0. The van der Waals surface area contributed by atoms with Gasteiger partial charge in [0.1, 0.15) is 11.2 Å². The van der Waals surface area contributed by atoms with Crippen molar-refractivity contribution >= 4 is 16.7 Å². The van der Waals surface area contributed by atoms with Crippen molar-refractivity contribution in [3.63, 3.8) is 0 Å². The molecule has 0 atom stereocenters. The number of aromatic nitrogens is 6. The molecule has 2 N–H and O–H groups in total. The minimum absolute atomic E-state index is 0.772. The number of H-pyrrole nitrogens is 2. The normalized spacial score (nSPS) is 17.9. The average Bonchev–Trinajstić information content (AvgIpc) is 3.60. The molecule has 4 aromatic rings. The van der Waals surface area contributed by atoms with Crippen LogP contribution in [0.15, 0.2) is 36.9 Å². The van der Waals surface area contributed by atoms with Gasteiger partial charge in [-0.05, 0) is 50.7 Å². The van der Waals surface area contributed by atoms with Crippen molar-refractivity contribution in [1.29, 1.82) is 0 Å². The topological polar surface area (TPSA) is 92.9 Å². The van der Waals surface area contributed by atoms with E-state index in [0.29, 0.717) is 0 Å². The van der Waals surface area contributed by atoms with Gasteiger partial charge >= 0.3 is 0 Å². The summed E-state index contributed by atoms with van der Waals surface area (Å²) >= 11 is 0. The Morgan fingerprint density at radius 3 is 2.58 bits per heavy atom. The smallest absolute Gasteiger partial charge is 0.156 e. The molecule has 0 radical (unpaired) electrons. The maximum atomic E-state index is 4.93. The minimum atomic E-state index is 0.772. The van der Waals surface area contributed by atoms with E-state index >= 15 is 0 Å². The van der Waals surface area contributed by atoms with Crippen LogP contribution >= 0.6 is 0 Å². The number of anilines is 1. The number of piperazine rings is 1. The summed E-state index contributed by atoms with van der Waals surface area (Å²) in [6, 6.07) is 4.23. The van der Waals surface area contributed by atoms with E-state index < -0.39 is 0 Å². The number of likely N-dealkylation sites (tertiary alicyclic amines) is 1. The van der Waals surface area contributed by atoms with Crippen LogP contribution in [-0.4, -0.2) is 86.2 Å². The number of rotatable bonds is 5. The Bertz CT molecular complexity index is 1250. The van der Waals surface area contributed by atoms with Gasteiger partial charge in [-0.25, -0.2) is 4.98 Å². The van der Waals surface area contributed by atoms with Crippen molar-refractivity contribution in [3.8, 4) is 22.8 Å². The van der Waals surface area contributed by atoms with Crippen LogP contribution in [-0.2, 0) is 6.54 Å². The van der Waals surface area contributed by atoms with Gasteiger partial charge in [-0.2, -0.15) is 5.10 Å². The molecule has 170 valence electrons. The van der Waals surface area contributed by atoms with Gasteiger partial charge in [-0.3, -0.25) is 20.0 Å². The summed E-state index contributed by atoms with van der Waals surface area (Å²) in [7, 11) is 2.16. The predicted molar refractivity (Wildman–Crippen MR) is 129 cm³/mol. The van der Waals surface area contributed by atoms with Crippen LogP contribution in [0.4, 0.5) is 5.69 Å². The molecule has 2 aliphatic rings. The molecule has 9 nitrogen and oxygen atoms in total. The summed E-state index contributed by atoms with van der Waals surface area (Å²) in [6.07, 6.45) is 10.2. The van der Waals surface area contributed by atoms with E-state index in [-0.39, 0.29) is 0 Å². The molecule has 2 aliphatic heterocycles. The van der Waals surface area contributed by atoms with Crippen LogP contribution in [0.3, 0.4) is 0 Å². The van der Waals surface area contributed by atoms with Crippen LogP contribution in [0.2, 0.25) is 0 Å². The van der Waals surface area contributed by atoms with Gasteiger partial charge in [-0.1, -0.05) is 0 Å². The second kappa shape index (κ2) is 8.57. The maximum absolute atomic E-state index is 4.93. The number of hydrogen-bond donors (Lipinski definition) is 2. The Kier molecular flexibility index (Phi) is 5.27. The zero-order chi connectivity index (χ0) is 22.2. The van der Waals surface area contributed by atoms with E-state index in [0.717, 1.165) is 72.2 Å². The summed E-state index contributed by atoms with van der Waals surface area (Å²) in [6.45, 7) is 7.35. The largest absolute Gasteiger partial charge is 0.366 e. The molecule has 0 aromatic carbocycles. The van der Waals surface area contributed by atoms with E-state index in [1.54, 1.807) is 0 Å². The zero-order valence-electron chi connectivity index (χ0n) is 19.0. The SMILES string of the molecule is CN1CCN(c2cncc3[nH]c(-c4cc(-c5cncc(CN6CCCC6)c5)n[nH]4)nc23)CC1. The van der Waals surface area contributed by atoms with E-state index in [4.69, 9.17) is 4.98 Å². The molecule has 0 unspecified atom stereocenters. The highest BCUT2D eigenvalue weighted by atomic mass is 15.3. The Balaban J connectivity index is 1.26. The van der Waals surface area contributed by atoms with Crippen LogP contribution in [0.5, 0.6) is 0 Å². The van der Waals surface area contributed by atoms with Crippen molar-refractivity contribution in [2.75, 3.05) is 51.2 Å². The van der Waals surface area contributed by atoms with Crippen molar-refractivity contribution in [1.82, 2.24) is 39.9 Å². The zero-order valence-corrected chi connectivity index (χ0v) is 19.0. The third-order valence-corrected chi connectivity index (χ3v) is 6.75. The van der Waals surface area contributed by atoms with Crippen LogP contribution in [0.1, 0.15) is 18.4 Å². The van der Waals surface area contributed by atoms with E-state index in [2.05, 4.69) is 53.0 Å². The van der Waals surface area contributed by atoms with Crippen molar-refractivity contribution in [2.45, 2.75) is 19.4 Å². The molecular weight excluding hydrogens is 414 g/mol. The summed E-state index contributed by atoms with van der Waals surface area (Å²) in [5.74, 6) is 0.772. The Hall–Kier alpha value is -3.30. The van der Waals surface area contributed by atoms with Crippen molar-refractivity contribution in [3.05, 3.63) is 42.5 Å². The molecule has 6 heterocycles. The third kappa shape index (κ3) is 4.09. The average molecular weight is 444 g/mol. The van der Waals surface area contributed by atoms with E-state index in [9.17, 15) is 0 Å². The number of nitrogens with one attached hydrogen (secondary N) is 2. The minimum Gasteiger partial charge on any atom is -0.366 e. The second-order valence-corrected chi connectivity index (χ2v) is 9.16. The summed E-state index contributed by atoms with van der Waals surface area (Å²) in [4.78, 5) is 24.5. The first-order valence-electron chi connectivity index (χ1n) is 11.7. The Morgan fingerprint density at radius 2 is 1.73 bits per heavy atom. The highest BCUT2D eigenvalue weighted by molar-refractivity contribution is 5.90. The first-order valence-corrected chi connectivity index (χ1v) is 11.7. The molecule has 0 bridgehead atoms. The second-order valence-electron chi connectivity index (χ2n) is 9.16. The Labute approximate surface area is 192 Å². The van der Waals surface area contributed by atoms with Gasteiger partial charge < -0.3 is 14.8 Å². The molecule has 6 rings (SSSR count). The number of nitrogens with zero attached hydrogens (tertiary/aromatic N) is 7. The quantitative estimate of drug-likeness (QED) is 0.490. The van der Waals surface area contributed by atoms with Gasteiger partial charge in [-0.15, -0.1) is 0 Å². The molecule has 9 heteroatoms. The summed E-state index contributed by atoms with van der Waals surface area (Å²) in [5.41, 5.74) is 6.95. The van der Waals surface area contributed by atoms with Gasteiger partial charge in [0.15, 0.2) is 5.82 Å². The van der Waals surface area contributed by atoms with Crippen LogP contribution in [0.25, 0.3) is 33.8 Å². The standard InChI is InChI=1S/C24H29N9/c1-31-6-8-33(9-7-31)22-15-26-14-21-23(22)28-24(27-21)20-11-19(29-30-20)18-10-17(12-25-13-18)16-32-4-2-3-5-32/h10-15H,2-9,16H2,1H3,(H,27,28)(H,29,30). The fourth-order valence-corrected chi connectivity index (χ4v) is 4.83. The molecule has 4 aromatic heterocycles.